The Kier molecular flexibility index (Phi) is 3.38. The molecular weight excluding hydrogens is 225 g/mol. The first-order chi connectivity index (χ1) is 8.76. The van der Waals surface area contributed by atoms with Crippen LogP contribution in [0.3, 0.4) is 0 Å². The van der Waals surface area contributed by atoms with Gasteiger partial charge in [-0.25, -0.2) is 4.39 Å². The predicted molar refractivity (Wildman–Crippen MR) is 71.9 cm³/mol. The molecule has 0 saturated heterocycles. The quantitative estimate of drug-likeness (QED) is 0.860. The number of halogens is 1. The van der Waals surface area contributed by atoms with Crippen LogP contribution in [0.15, 0.2) is 24.3 Å². The monoisotopic (exact) mass is 247 g/mol. The predicted octanol–water partition coefficient (Wildman–Crippen LogP) is 3.39. The maximum Gasteiger partial charge on any atom is 0.123 e. The maximum atomic E-state index is 12.9. The van der Waals surface area contributed by atoms with Crippen molar-refractivity contribution in [2.24, 2.45) is 17.8 Å². The summed E-state index contributed by atoms with van der Waals surface area (Å²) in [4.78, 5) is 0. The second-order valence-electron chi connectivity index (χ2n) is 6.06. The lowest BCUT2D eigenvalue weighted by molar-refractivity contribution is 0.255. The first-order valence-corrected chi connectivity index (χ1v) is 7.18. The Morgan fingerprint density at radius 3 is 2.56 bits per heavy atom. The smallest absolute Gasteiger partial charge is 0.123 e. The van der Waals surface area contributed by atoms with Crippen LogP contribution in [0.5, 0.6) is 0 Å². The summed E-state index contributed by atoms with van der Waals surface area (Å²) in [6.07, 6.45) is 6.76. The van der Waals surface area contributed by atoms with Gasteiger partial charge in [0.1, 0.15) is 5.82 Å². The minimum absolute atomic E-state index is 0.139. The molecule has 2 aliphatic carbocycles. The first-order valence-electron chi connectivity index (χ1n) is 7.18. The van der Waals surface area contributed by atoms with Crippen LogP contribution in [-0.4, -0.2) is 13.1 Å². The van der Waals surface area contributed by atoms with Crippen molar-refractivity contribution < 1.29 is 4.39 Å². The average Bonchev–Trinajstić information content (AvgIpc) is 3.00. The van der Waals surface area contributed by atoms with Crippen molar-refractivity contribution in [2.45, 2.75) is 38.1 Å². The Hall–Kier alpha value is -0.890. The number of benzene rings is 1. The molecule has 1 aromatic carbocycles. The van der Waals surface area contributed by atoms with Gasteiger partial charge in [-0.15, -0.1) is 0 Å². The molecule has 0 aliphatic heterocycles. The Labute approximate surface area is 109 Å². The van der Waals surface area contributed by atoms with Gasteiger partial charge in [0, 0.05) is 6.04 Å². The summed E-state index contributed by atoms with van der Waals surface area (Å²) in [6.45, 7) is 0. The van der Waals surface area contributed by atoms with Crippen molar-refractivity contribution in [1.29, 1.82) is 0 Å². The Balaban J connectivity index is 1.67. The van der Waals surface area contributed by atoms with Gasteiger partial charge in [-0.2, -0.15) is 0 Å². The summed E-state index contributed by atoms with van der Waals surface area (Å²) in [5.74, 6) is 2.62. The van der Waals surface area contributed by atoms with Crippen LogP contribution in [0.4, 0.5) is 4.39 Å². The molecule has 3 rings (SSSR count). The van der Waals surface area contributed by atoms with Crippen LogP contribution < -0.4 is 5.32 Å². The van der Waals surface area contributed by atoms with Crippen LogP contribution in [0, 0.1) is 23.6 Å². The molecule has 0 heterocycles. The van der Waals surface area contributed by atoms with Gasteiger partial charge in [0.2, 0.25) is 0 Å². The molecule has 0 spiro atoms. The topological polar surface area (TPSA) is 12.0 Å². The molecule has 2 fully saturated rings. The molecule has 4 unspecified atom stereocenters. The van der Waals surface area contributed by atoms with Gasteiger partial charge in [-0.3, -0.25) is 0 Å². The Morgan fingerprint density at radius 1 is 1.22 bits per heavy atom. The fourth-order valence-corrected chi connectivity index (χ4v) is 4.13. The zero-order chi connectivity index (χ0) is 12.5. The summed E-state index contributed by atoms with van der Waals surface area (Å²) in [5.41, 5.74) is 1.25. The molecule has 1 N–H and O–H groups in total. The SMILES string of the molecule is CNC(Cc1ccc(F)cc1)C1CC2CCC1C2. The van der Waals surface area contributed by atoms with E-state index >= 15 is 0 Å². The molecule has 2 saturated carbocycles. The average molecular weight is 247 g/mol. The lowest BCUT2D eigenvalue weighted by Gasteiger charge is -2.30. The molecule has 18 heavy (non-hydrogen) atoms. The molecule has 4 atom stereocenters. The van der Waals surface area contributed by atoms with Crippen molar-refractivity contribution in [2.75, 3.05) is 7.05 Å². The zero-order valence-corrected chi connectivity index (χ0v) is 11.0. The minimum Gasteiger partial charge on any atom is -0.316 e. The molecule has 0 amide bonds. The third-order valence-corrected chi connectivity index (χ3v) is 5.05. The summed E-state index contributed by atoms with van der Waals surface area (Å²) < 4.78 is 12.9. The largest absolute Gasteiger partial charge is 0.316 e. The number of likely N-dealkylation sites (N-methyl/N-ethyl adjacent to an activating group) is 1. The van der Waals surface area contributed by atoms with Gasteiger partial charge in [0.25, 0.3) is 0 Å². The fraction of sp³-hybridized carbons (Fsp3) is 0.625. The van der Waals surface area contributed by atoms with E-state index in [9.17, 15) is 4.39 Å². The molecule has 2 bridgehead atoms. The molecule has 0 aromatic heterocycles. The molecule has 2 heteroatoms. The number of hydrogen-bond donors (Lipinski definition) is 1. The Bertz CT molecular complexity index is 400. The van der Waals surface area contributed by atoms with E-state index in [0.717, 1.165) is 24.2 Å². The van der Waals surface area contributed by atoms with Gasteiger partial charge < -0.3 is 5.32 Å². The van der Waals surface area contributed by atoms with Crippen LogP contribution >= 0.6 is 0 Å². The van der Waals surface area contributed by atoms with Gasteiger partial charge in [-0.05, 0) is 68.2 Å². The van der Waals surface area contributed by atoms with E-state index in [2.05, 4.69) is 12.4 Å². The fourth-order valence-electron chi connectivity index (χ4n) is 4.13. The van der Waals surface area contributed by atoms with Crippen molar-refractivity contribution in [3.8, 4) is 0 Å². The van der Waals surface area contributed by atoms with E-state index in [-0.39, 0.29) is 5.82 Å². The molecule has 98 valence electrons. The lowest BCUT2D eigenvalue weighted by Crippen LogP contribution is -2.38. The third-order valence-electron chi connectivity index (χ3n) is 5.05. The zero-order valence-electron chi connectivity index (χ0n) is 11.0. The molecular formula is C16H22FN. The number of nitrogens with one attached hydrogen (secondary N) is 1. The van der Waals surface area contributed by atoms with Gasteiger partial charge in [0.15, 0.2) is 0 Å². The maximum absolute atomic E-state index is 12.9. The van der Waals surface area contributed by atoms with E-state index in [1.54, 1.807) is 12.1 Å². The highest BCUT2D eigenvalue weighted by Crippen LogP contribution is 2.49. The van der Waals surface area contributed by atoms with E-state index < -0.39 is 0 Å². The second kappa shape index (κ2) is 5.00. The normalized spacial score (nSPS) is 31.8. The number of rotatable bonds is 4. The summed E-state index contributed by atoms with van der Waals surface area (Å²) in [6, 6.07) is 7.55. The second-order valence-corrected chi connectivity index (χ2v) is 6.06. The van der Waals surface area contributed by atoms with Crippen LogP contribution in [0.2, 0.25) is 0 Å². The highest BCUT2D eigenvalue weighted by atomic mass is 19.1. The standard InChI is InChI=1S/C16H22FN/c1-18-16(10-11-3-6-14(17)7-4-11)15-9-12-2-5-13(15)8-12/h3-4,6-7,12-13,15-16,18H,2,5,8-10H2,1H3. The van der Waals surface area contributed by atoms with E-state index in [0.29, 0.717) is 6.04 Å². The van der Waals surface area contributed by atoms with Gasteiger partial charge >= 0.3 is 0 Å². The summed E-state index contributed by atoms with van der Waals surface area (Å²) in [7, 11) is 2.07. The third kappa shape index (κ3) is 2.31. The van der Waals surface area contributed by atoms with Crippen LogP contribution in [-0.2, 0) is 6.42 Å². The highest BCUT2D eigenvalue weighted by Gasteiger charge is 2.42. The van der Waals surface area contributed by atoms with Crippen molar-refractivity contribution >= 4 is 0 Å². The highest BCUT2D eigenvalue weighted by molar-refractivity contribution is 5.18. The van der Waals surface area contributed by atoms with Gasteiger partial charge in [-0.1, -0.05) is 18.6 Å². The van der Waals surface area contributed by atoms with Crippen molar-refractivity contribution in [3.63, 3.8) is 0 Å². The minimum atomic E-state index is -0.139. The van der Waals surface area contributed by atoms with Gasteiger partial charge in [0.05, 0.1) is 0 Å². The molecule has 2 aliphatic rings. The van der Waals surface area contributed by atoms with Crippen molar-refractivity contribution in [3.05, 3.63) is 35.6 Å². The van der Waals surface area contributed by atoms with E-state index in [1.165, 1.54) is 31.2 Å². The van der Waals surface area contributed by atoms with Crippen LogP contribution in [0.25, 0.3) is 0 Å². The summed E-state index contributed by atoms with van der Waals surface area (Å²) in [5, 5.41) is 3.50. The molecule has 0 radical (unpaired) electrons. The lowest BCUT2D eigenvalue weighted by atomic mass is 9.81. The Morgan fingerprint density at radius 2 is 2.00 bits per heavy atom. The molecule has 1 nitrogen and oxygen atoms in total. The number of fused-ring (bicyclic) bond motifs is 2. The summed E-state index contributed by atoms with van der Waals surface area (Å²) >= 11 is 0. The first kappa shape index (κ1) is 12.2. The number of hydrogen-bond acceptors (Lipinski definition) is 1. The van der Waals surface area contributed by atoms with E-state index in [4.69, 9.17) is 0 Å². The van der Waals surface area contributed by atoms with Crippen LogP contribution in [0.1, 0.15) is 31.2 Å². The van der Waals surface area contributed by atoms with E-state index in [1.807, 2.05) is 12.1 Å². The molecule has 1 aromatic rings. The van der Waals surface area contributed by atoms with Crippen molar-refractivity contribution in [1.82, 2.24) is 5.32 Å².